The first kappa shape index (κ1) is 9.25. The van der Waals surface area contributed by atoms with Gasteiger partial charge in [0.25, 0.3) is 0 Å². The first-order valence-electron chi connectivity index (χ1n) is 3.72. The van der Waals surface area contributed by atoms with Gasteiger partial charge in [-0.3, -0.25) is 5.41 Å². The van der Waals surface area contributed by atoms with Crippen LogP contribution in [0.15, 0.2) is 24.3 Å². The fourth-order valence-electron chi connectivity index (χ4n) is 0.864. The van der Waals surface area contributed by atoms with Gasteiger partial charge in [0.1, 0.15) is 0 Å². The molecule has 0 radical (unpaired) electrons. The molecule has 1 rings (SSSR count). The predicted octanol–water partition coefficient (Wildman–Crippen LogP) is 1.42. The Balaban J connectivity index is 2.78. The van der Waals surface area contributed by atoms with Crippen molar-refractivity contribution in [3.8, 4) is 0 Å². The van der Waals surface area contributed by atoms with Crippen molar-refractivity contribution in [2.24, 2.45) is 5.73 Å². The van der Waals surface area contributed by atoms with E-state index in [1.165, 1.54) is 0 Å². The van der Waals surface area contributed by atoms with Crippen LogP contribution in [0.5, 0.6) is 0 Å². The van der Waals surface area contributed by atoms with Gasteiger partial charge in [-0.1, -0.05) is 17.7 Å². The average molecular weight is 178 g/mol. The highest BCUT2D eigenvalue weighted by Gasteiger charge is 2.04. The lowest BCUT2D eigenvalue weighted by atomic mass is 10.1. The normalized spacial score (nSPS) is 9.31. The van der Waals surface area contributed by atoms with Crippen LogP contribution < -0.4 is 5.73 Å². The molecule has 0 heterocycles. The van der Waals surface area contributed by atoms with Crippen LogP contribution in [0.25, 0.3) is 0 Å². The second-order valence-electron chi connectivity index (χ2n) is 2.62. The number of hydrogen-bond acceptors (Lipinski definition) is 3. The summed E-state index contributed by atoms with van der Waals surface area (Å²) in [5.41, 5.74) is 6.37. The summed E-state index contributed by atoms with van der Waals surface area (Å²) in [6.07, 6.45) is -0.967. The van der Waals surface area contributed by atoms with E-state index in [0.717, 1.165) is 5.56 Å². The Morgan fingerprint density at radius 3 is 2.38 bits per heavy atom. The zero-order chi connectivity index (χ0) is 9.84. The highest BCUT2D eigenvalue weighted by molar-refractivity contribution is 5.97. The van der Waals surface area contributed by atoms with E-state index < -0.39 is 6.09 Å². The largest absolute Gasteiger partial charge is 0.411 e. The standard InChI is InChI=1S/C9H10N2O2/c1-6-2-4-7(5-3-6)8(10)13-9(11)12/h2-5,10H,1H3,(H2,11,12). The second-order valence-corrected chi connectivity index (χ2v) is 2.62. The molecule has 0 aliphatic heterocycles. The minimum Gasteiger partial charge on any atom is -0.391 e. The van der Waals surface area contributed by atoms with Crippen LogP contribution in [0.4, 0.5) is 4.79 Å². The molecule has 0 saturated carbocycles. The van der Waals surface area contributed by atoms with Gasteiger partial charge in [0.15, 0.2) is 0 Å². The average Bonchev–Trinajstić information content (AvgIpc) is 2.04. The zero-order valence-corrected chi connectivity index (χ0v) is 7.20. The fourth-order valence-corrected chi connectivity index (χ4v) is 0.864. The predicted molar refractivity (Wildman–Crippen MR) is 48.7 cm³/mol. The summed E-state index contributed by atoms with van der Waals surface area (Å²) in [6, 6.07) is 7.05. The lowest BCUT2D eigenvalue weighted by Crippen LogP contribution is -2.18. The van der Waals surface area contributed by atoms with E-state index in [1.807, 2.05) is 19.1 Å². The van der Waals surface area contributed by atoms with Crippen LogP contribution in [0, 0.1) is 12.3 Å². The summed E-state index contributed by atoms with van der Waals surface area (Å²) in [5, 5.41) is 7.31. The third-order valence-corrected chi connectivity index (χ3v) is 1.52. The number of hydrogen-bond donors (Lipinski definition) is 2. The Hall–Kier alpha value is -1.84. The van der Waals surface area contributed by atoms with Crippen molar-refractivity contribution in [3.05, 3.63) is 35.4 Å². The minimum absolute atomic E-state index is 0.229. The number of primary amides is 1. The van der Waals surface area contributed by atoms with Crippen molar-refractivity contribution in [2.75, 3.05) is 0 Å². The van der Waals surface area contributed by atoms with Crippen LogP contribution >= 0.6 is 0 Å². The van der Waals surface area contributed by atoms with Gasteiger partial charge in [0.05, 0.1) is 0 Å². The topological polar surface area (TPSA) is 76.2 Å². The van der Waals surface area contributed by atoms with Gasteiger partial charge in [0, 0.05) is 5.56 Å². The lowest BCUT2D eigenvalue weighted by Gasteiger charge is -2.02. The smallest absolute Gasteiger partial charge is 0.391 e. The van der Waals surface area contributed by atoms with Crippen molar-refractivity contribution >= 4 is 12.0 Å². The highest BCUT2D eigenvalue weighted by atomic mass is 16.6. The summed E-state index contributed by atoms with van der Waals surface area (Å²) in [6.45, 7) is 1.93. The van der Waals surface area contributed by atoms with Crippen molar-refractivity contribution in [3.63, 3.8) is 0 Å². The summed E-state index contributed by atoms with van der Waals surface area (Å²) >= 11 is 0. The molecule has 4 nitrogen and oxygen atoms in total. The Bertz CT molecular complexity index is 330. The van der Waals surface area contributed by atoms with E-state index in [2.05, 4.69) is 4.74 Å². The maximum atomic E-state index is 10.3. The molecule has 0 spiro atoms. The number of carbonyl (C=O) groups is 1. The van der Waals surface area contributed by atoms with Crippen molar-refractivity contribution in [1.29, 1.82) is 5.41 Å². The third kappa shape index (κ3) is 2.59. The molecular weight excluding hydrogens is 168 g/mol. The second kappa shape index (κ2) is 3.71. The van der Waals surface area contributed by atoms with Crippen molar-refractivity contribution < 1.29 is 9.53 Å². The van der Waals surface area contributed by atoms with Crippen LogP contribution in [-0.2, 0) is 4.74 Å². The van der Waals surface area contributed by atoms with E-state index in [0.29, 0.717) is 5.56 Å². The van der Waals surface area contributed by atoms with Crippen molar-refractivity contribution in [1.82, 2.24) is 0 Å². The van der Waals surface area contributed by atoms with E-state index in [1.54, 1.807) is 12.1 Å². The van der Waals surface area contributed by atoms with E-state index in [9.17, 15) is 4.79 Å². The van der Waals surface area contributed by atoms with Gasteiger partial charge in [0.2, 0.25) is 5.90 Å². The molecule has 0 unspecified atom stereocenters. The van der Waals surface area contributed by atoms with Gasteiger partial charge >= 0.3 is 6.09 Å². The van der Waals surface area contributed by atoms with Crippen LogP contribution in [0.1, 0.15) is 11.1 Å². The number of nitrogens with one attached hydrogen (secondary N) is 1. The number of ether oxygens (including phenoxy) is 1. The SMILES string of the molecule is Cc1ccc(C(=N)OC(N)=O)cc1. The summed E-state index contributed by atoms with van der Waals surface area (Å²) in [4.78, 5) is 10.3. The molecule has 1 aromatic rings. The third-order valence-electron chi connectivity index (χ3n) is 1.52. The molecule has 3 N–H and O–H groups in total. The molecular formula is C9H10N2O2. The Morgan fingerprint density at radius 1 is 1.38 bits per heavy atom. The van der Waals surface area contributed by atoms with Gasteiger partial charge in [-0.05, 0) is 19.1 Å². The summed E-state index contributed by atoms with van der Waals surface area (Å²) in [7, 11) is 0. The van der Waals surface area contributed by atoms with Gasteiger partial charge < -0.3 is 10.5 Å². The summed E-state index contributed by atoms with van der Waals surface area (Å²) < 4.78 is 4.40. The zero-order valence-electron chi connectivity index (χ0n) is 7.20. The van der Waals surface area contributed by atoms with Gasteiger partial charge in [-0.2, -0.15) is 0 Å². The van der Waals surface area contributed by atoms with Crippen LogP contribution in [0.3, 0.4) is 0 Å². The maximum Gasteiger partial charge on any atom is 0.411 e. The fraction of sp³-hybridized carbons (Fsp3) is 0.111. The highest BCUT2D eigenvalue weighted by Crippen LogP contribution is 2.04. The van der Waals surface area contributed by atoms with Gasteiger partial charge in [-0.15, -0.1) is 0 Å². The molecule has 1 aromatic carbocycles. The number of aryl methyl sites for hydroxylation is 1. The molecule has 68 valence electrons. The summed E-state index contributed by atoms with van der Waals surface area (Å²) in [5.74, 6) is -0.229. The Morgan fingerprint density at radius 2 is 1.92 bits per heavy atom. The van der Waals surface area contributed by atoms with Crippen LogP contribution in [-0.4, -0.2) is 12.0 Å². The molecule has 0 aliphatic rings. The molecule has 0 saturated heterocycles. The molecule has 1 amide bonds. The monoisotopic (exact) mass is 178 g/mol. The number of carbonyl (C=O) groups excluding carboxylic acids is 1. The van der Waals surface area contributed by atoms with Gasteiger partial charge in [-0.25, -0.2) is 4.79 Å². The molecule has 0 atom stereocenters. The molecule has 0 aliphatic carbocycles. The number of amides is 1. The Kier molecular flexibility index (Phi) is 2.64. The van der Waals surface area contributed by atoms with Crippen LogP contribution in [0.2, 0.25) is 0 Å². The first-order chi connectivity index (χ1) is 6.09. The maximum absolute atomic E-state index is 10.3. The molecule has 0 aromatic heterocycles. The quantitative estimate of drug-likeness (QED) is 0.504. The van der Waals surface area contributed by atoms with E-state index in [-0.39, 0.29) is 5.90 Å². The minimum atomic E-state index is -0.967. The lowest BCUT2D eigenvalue weighted by molar-refractivity contribution is 0.208. The molecule has 13 heavy (non-hydrogen) atoms. The molecule has 0 fully saturated rings. The molecule has 0 bridgehead atoms. The van der Waals surface area contributed by atoms with E-state index >= 15 is 0 Å². The number of nitrogens with two attached hydrogens (primary N) is 1. The first-order valence-corrected chi connectivity index (χ1v) is 3.72. The Labute approximate surface area is 75.8 Å². The van der Waals surface area contributed by atoms with E-state index in [4.69, 9.17) is 11.1 Å². The number of benzene rings is 1. The molecule has 4 heteroatoms. The number of rotatable bonds is 1. The van der Waals surface area contributed by atoms with Crippen molar-refractivity contribution in [2.45, 2.75) is 6.92 Å².